The van der Waals surface area contributed by atoms with Gasteiger partial charge in [0, 0.05) is 6.07 Å². The summed E-state index contributed by atoms with van der Waals surface area (Å²) >= 11 is 0. The van der Waals surface area contributed by atoms with Crippen LogP contribution in [0.25, 0.3) is 0 Å². The Kier molecular flexibility index (Phi) is 4.09. The lowest BCUT2D eigenvalue weighted by Crippen LogP contribution is -2.41. The average molecular weight is 303 g/mol. The minimum Gasteiger partial charge on any atom is -0.364 e. The molecule has 2 amide bonds. The van der Waals surface area contributed by atoms with Crippen LogP contribution in [0.5, 0.6) is 0 Å². The van der Waals surface area contributed by atoms with E-state index in [4.69, 9.17) is 4.52 Å². The van der Waals surface area contributed by atoms with E-state index in [0.29, 0.717) is 24.2 Å². The molecule has 5 nitrogen and oxygen atoms in total. The van der Waals surface area contributed by atoms with Crippen molar-refractivity contribution in [1.82, 2.24) is 15.8 Å². The number of urea groups is 1. The maximum Gasteiger partial charge on any atom is 0.315 e. The Morgan fingerprint density at radius 1 is 1.45 bits per heavy atom. The molecule has 0 spiro atoms. The number of aromatic nitrogens is 1. The molecule has 0 saturated heterocycles. The SMILES string of the molecule is C[C@@H]1CCc2c(F)cccc2[C@H]1NC(=O)NCc1ccon1. The summed E-state index contributed by atoms with van der Waals surface area (Å²) in [5.41, 5.74) is 2.23. The first-order chi connectivity index (χ1) is 10.6. The molecule has 22 heavy (non-hydrogen) atoms. The molecule has 0 radical (unpaired) electrons. The predicted octanol–water partition coefficient (Wildman–Crippen LogP) is 2.94. The van der Waals surface area contributed by atoms with Gasteiger partial charge in [-0.15, -0.1) is 0 Å². The van der Waals surface area contributed by atoms with Crippen LogP contribution in [-0.4, -0.2) is 11.2 Å². The highest BCUT2D eigenvalue weighted by Crippen LogP contribution is 2.35. The van der Waals surface area contributed by atoms with Gasteiger partial charge in [-0.3, -0.25) is 0 Å². The second-order valence-corrected chi connectivity index (χ2v) is 5.62. The van der Waals surface area contributed by atoms with Crippen molar-refractivity contribution >= 4 is 6.03 Å². The Balaban J connectivity index is 1.69. The Morgan fingerprint density at radius 2 is 2.32 bits per heavy atom. The second-order valence-electron chi connectivity index (χ2n) is 5.62. The predicted molar refractivity (Wildman–Crippen MR) is 78.5 cm³/mol. The zero-order chi connectivity index (χ0) is 15.5. The molecule has 1 heterocycles. The van der Waals surface area contributed by atoms with E-state index in [2.05, 4.69) is 22.7 Å². The van der Waals surface area contributed by atoms with Gasteiger partial charge in [0.2, 0.25) is 0 Å². The van der Waals surface area contributed by atoms with Crippen molar-refractivity contribution in [2.24, 2.45) is 5.92 Å². The first-order valence-corrected chi connectivity index (χ1v) is 7.36. The Morgan fingerprint density at radius 3 is 3.09 bits per heavy atom. The van der Waals surface area contributed by atoms with Gasteiger partial charge in [-0.1, -0.05) is 24.2 Å². The van der Waals surface area contributed by atoms with Gasteiger partial charge in [-0.2, -0.15) is 0 Å². The normalized spacial score (nSPS) is 20.3. The minimum atomic E-state index is -0.294. The van der Waals surface area contributed by atoms with Crippen molar-refractivity contribution in [1.29, 1.82) is 0 Å². The summed E-state index contributed by atoms with van der Waals surface area (Å²) in [7, 11) is 0. The highest BCUT2D eigenvalue weighted by molar-refractivity contribution is 5.74. The molecular formula is C16H18FN3O2. The van der Waals surface area contributed by atoms with Gasteiger partial charge in [0.25, 0.3) is 0 Å². The highest BCUT2D eigenvalue weighted by Gasteiger charge is 2.29. The van der Waals surface area contributed by atoms with E-state index in [1.165, 1.54) is 12.3 Å². The quantitative estimate of drug-likeness (QED) is 0.916. The minimum absolute atomic E-state index is 0.184. The molecule has 1 aromatic carbocycles. The topological polar surface area (TPSA) is 67.2 Å². The van der Waals surface area contributed by atoms with E-state index in [1.54, 1.807) is 12.1 Å². The van der Waals surface area contributed by atoms with Gasteiger partial charge in [-0.25, -0.2) is 9.18 Å². The molecule has 2 aromatic rings. The van der Waals surface area contributed by atoms with E-state index >= 15 is 0 Å². The van der Waals surface area contributed by atoms with Crippen LogP contribution in [0, 0.1) is 11.7 Å². The number of amides is 2. The standard InChI is InChI=1S/C16H18FN3O2/c1-10-5-6-12-13(3-2-4-14(12)17)15(10)19-16(21)18-9-11-7-8-22-20-11/h2-4,7-8,10,15H,5-6,9H2,1H3,(H2,18,19,21)/t10-,15+/m1/s1. The zero-order valence-corrected chi connectivity index (χ0v) is 12.3. The van der Waals surface area contributed by atoms with Gasteiger partial charge < -0.3 is 15.2 Å². The van der Waals surface area contributed by atoms with Gasteiger partial charge in [-0.05, 0) is 36.0 Å². The Bertz CT molecular complexity index is 657. The molecule has 2 atom stereocenters. The summed E-state index contributed by atoms with van der Waals surface area (Å²) in [6.07, 6.45) is 3.02. The number of hydrogen-bond donors (Lipinski definition) is 2. The third-order valence-electron chi connectivity index (χ3n) is 4.12. The summed E-state index contributed by atoms with van der Waals surface area (Å²) in [4.78, 5) is 12.1. The van der Waals surface area contributed by atoms with Crippen LogP contribution in [0.15, 0.2) is 35.1 Å². The number of hydrogen-bond acceptors (Lipinski definition) is 3. The molecule has 1 aliphatic rings. The monoisotopic (exact) mass is 303 g/mol. The molecular weight excluding hydrogens is 285 g/mol. The number of benzene rings is 1. The summed E-state index contributed by atoms with van der Waals surface area (Å²) in [6, 6.07) is 6.25. The van der Waals surface area contributed by atoms with Crippen LogP contribution in [0.1, 0.15) is 36.2 Å². The van der Waals surface area contributed by atoms with E-state index in [0.717, 1.165) is 12.0 Å². The summed E-state index contributed by atoms with van der Waals surface area (Å²) in [5, 5.41) is 9.40. The fourth-order valence-corrected chi connectivity index (χ4v) is 2.89. The van der Waals surface area contributed by atoms with E-state index in [9.17, 15) is 9.18 Å². The van der Waals surface area contributed by atoms with Gasteiger partial charge in [0.15, 0.2) is 0 Å². The number of carbonyl (C=O) groups excluding carboxylic acids is 1. The maximum absolute atomic E-state index is 13.9. The van der Waals surface area contributed by atoms with E-state index < -0.39 is 0 Å². The molecule has 6 heteroatoms. The third-order valence-corrected chi connectivity index (χ3v) is 4.12. The van der Waals surface area contributed by atoms with E-state index in [1.807, 2.05) is 6.07 Å². The largest absolute Gasteiger partial charge is 0.364 e. The lowest BCUT2D eigenvalue weighted by atomic mass is 9.80. The van der Waals surface area contributed by atoms with Crippen molar-refractivity contribution in [3.05, 3.63) is 53.2 Å². The number of halogens is 1. The third kappa shape index (κ3) is 2.95. The molecule has 0 aliphatic heterocycles. The fraction of sp³-hybridized carbons (Fsp3) is 0.375. The van der Waals surface area contributed by atoms with Crippen LogP contribution in [0.2, 0.25) is 0 Å². The van der Waals surface area contributed by atoms with Crippen LogP contribution in [0.3, 0.4) is 0 Å². The fourth-order valence-electron chi connectivity index (χ4n) is 2.89. The highest BCUT2D eigenvalue weighted by atomic mass is 19.1. The zero-order valence-electron chi connectivity index (χ0n) is 12.3. The Labute approximate surface area is 127 Å². The summed E-state index contributed by atoms with van der Waals surface area (Å²) < 4.78 is 18.6. The van der Waals surface area contributed by atoms with E-state index in [-0.39, 0.29) is 23.8 Å². The molecule has 2 N–H and O–H groups in total. The molecule has 0 unspecified atom stereocenters. The number of nitrogens with one attached hydrogen (secondary N) is 2. The van der Waals surface area contributed by atoms with Crippen molar-refractivity contribution < 1.29 is 13.7 Å². The molecule has 3 rings (SSSR count). The molecule has 1 aliphatic carbocycles. The lowest BCUT2D eigenvalue weighted by Gasteiger charge is -2.32. The molecule has 0 bridgehead atoms. The number of carbonyl (C=O) groups is 1. The summed E-state index contributed by atoms with van der Waals surface area (Å²) in [6.45, 7) is 2.36. The molecule has 0 fully saturated rings. The van der Waals surface area contributed by atoms with Crippen LogP contribution in [0.4, 0.5) is 9.18 Å². The first-order valence-electron chi connectivity index (χ1n) is 7.36. The van der Waals surface area contributed by atoms with Crippen molar-refractivity contribution in [2.45, 2.75) is 32.4 Å². The number of rotatable bonds is 3. The van der Waals surface area contributed by atoms with Crippen molar-refractivity contribution in [3.8, 4) is 0 Å². The molecule has 0 saturated carbocycles. The lowest BCUT2D eigenvalue weighted by molar-refractivity contribution is 0.228. The van der Waals surface area contributed by atoms with Crippen molar-refractivity contribution in [3.63, 3.8) is 0 Å². The molecule has 116 valence electrons. The van der Waals surface area contributed by atoms with Crippen LogP contribution in [-0.2, 0) is 13.0 Å². The Hall–Kier alpha value is -2.37. The maximum atomic E-state index is 13.9. The average Bonchev–Trinajstić information content (AvgIpc) is 3.02. The first kappa shape index (κ1) is 14.6. The second kappa shape index (κ2) is 6.17. The van der Waals surface area contributed by atoms with Gasteiger partial charge in [0.1, 0.15) is 17.8 Å². The van der Waals surface area contributed by atoms with Gasteiger partial charge >= 0.3 is 6.03 Å². The van der Waals surface area contributed by atoms with Crippen LogP contribution < -0.4 is 10.6 Å². The number of fused-ring (bicyclic) bond motifs is 1. The van der Waals surface area contributed by atoms with Gasteiger partial charge in [0.05, 0.1) is 12.6 Å². The van der Waals surface area contributed by atoms with Crippen molar-refractivity contribution in [2.75, 3.05) is 0 Å². The van der Waals surface area contributed by atoms with Crippen LogP contribution >= 0.6 is 0 Å². The molecule has 1 aromatic heterocycles. The smallest absolute Gasteiger partial charge is 0.315 e. The summed E-state index contributed by atoms with van der Waals surface area (Å²) in [5.74, 6) is 0.0614. The number of nitrogens with zero attached hydrogens (tertiary/aromatic N) is 1.